The van der Waals surface area contributed by atoms with E-state index in [4.69, 9.17) is 5.53 Å². The van der Waals surface area contributed by atoms with Crippen molar-refractivity contribution in [2.45, 2.75) is 24.4 Å². The molecule has 4 atom stereocenters. The van der Waals surface area contributed by atoms with Crippen LogP contribution in [0.15, 0.2) is 5.11 Å². The summed E-state index contributed by atoms with van der Waals surface area (Å²) in [7, 11) is 0. The molecule has 1 aliphatic rings. The Hall–Kier alpha value is -0.850. The molecule has 1 heterocycles. The van der Waals surface area contributed by atoms with Gasteiger partial charge in [0.1, 0.15) is 0 Å². The quantitative estimate of drug-likeness (QED) is 0.224. The number of hydrogen-bond acceptors (Lipinski definition) is 5. The van der Waals surface area contributed by atoms with Gasteiger partial charge in [0.2, 0.25) is 0 Å². The standard InChI is InChI=1S/C6H12N4O3/c7-10-9-5-3(11)1-8-2-4(12)6(5)13/h3-6,8,11-13H,1-2H2/t3-,4+,5-,6-/m0/s1. The number of aliphatic hydroxyl groups is 3. The third-order valence-corrected chi connectivity index (χ3v) is 2.03. The zero-order chi connectivity index (χ0) is 9.84. The minimum atomic E-state index is -1.22. The van der Waals surface area contributed by atoms with Gasteiger partial charge in [0.15, 0.2) is 0 Å². The lowest BCUT2D eigenvalue weighted by Gasteiger charge is -2.21. The number of hydrogen-bond donors (Lipinski definition) is 4. The van der Waals surface area contributed by atoms with Crippen LogP contribution in [-0.2, 0) is 0 Å². The lowest BCUT2D eigenvalue weighted by atomic mass is 10.0. The Bertz CT molecular complexity index is 218. The summed E-state index contributed by atoms with van der Waals surface area (Å²) >= 11 is 0. The average Bonchev–Trinajstić information content (AvgIpc) is 2.21. The Morgan fingerprint density at radius 2 is 1.85 bits per heavy atom. The van der Waals surface area contributed by atoms with Gasteiger partial charge < -0.3 is 20.6 Å². The highest BCUT2D eigenvalue weighted by Gasteiger charge is 2.33. The van der Waals surface area contributed by atoms with E-state index >= 15 is 0 Å². The highest BCUT2D eigenvalue weighted by Crippen LogP contribution is 2.11. The van der Waals surface area contributed by atoms with Crippen molar-refractivity contribution in [3.8, 4) is 0 Å². The second kappa shape index (κ2) is 4.40. The molecule has 0 aromatic carbocycles. The summed E-state index contributed by atoms with van der Waals surface area (Å²) in [6.07, 6.45) is -3.21. The predicted molar refractivity (Wildman–Crippen MR) is 43.8 cm³/mol. The molecular formula is C6H12N4O3. The van der Waals surface area contributed by atoms with Crippen molar-refractivity contribution in [3.63, 3.8) is 0 Å². The molecule has 1 saturated heterocycles. The van der Waals surface area contributed by atoms with Crippen LogP contribution < -0.4 is 5.32 Å². The van der Waals surface area contributed by atoms with Crippen molar-refractivity contribution in [1.29, 1.82) is 0 Å². The van der Waals surface area contributed by atoms with Crippen LogP contribution in [0.4, 0.5) is 0 Å². The lowest BCUT2D eigenvalue weighted by molar-refractivity contribution is -0.00938. The van der Waals surface area contributed by atoms with Gasteiger partial charge in [-0.3, -0.25) is 0 Å². The Morgan fingerprint density at radius 3 is 2.46 bits per heavy atom. The number of rotatable bonds is 1. The molecule has 74 valence electrons. The molecule has 7 heteroatoms. The van der Waals surface area contributed by atoms with Crippen LogP contribution in [0.5, 0.6) is 0 Å². The van der Waals surface area contributed by atoms with E-state index in [-0.39, 0.29) is 13.1 Å². The van der Waals surface area contributed by atoms with Crippen LogP contribution in [-0.4, -0.2) is 52.8 Å². The van der Waals surface area contributed by atoms with E-state index in [9.17, 15) is 15.3 Å². The van der Waals surface area contributed by atoms with Crippen molar-refractivity contribution in [2.24, 2.45) is 5.11 Å². The maximum absolute atomic E-state index is 9.40. The normalized spacial score (nSPS) is 40.5. The molecule has 0 unspecified atom stereocenters. The van der Waals surface area contributed by atoms with Crippen molar-refractivity contribution in [1.82, 2.24) is 5.32 Å². The second-order valence-corrected chi connectivity index (χ2v) is 2.98. The lowest BCUT2D eigenvalue weighted by Crippen LogP contribution is -2.42. The predicted octanol–water partition coefficient (Wildman–Crippen LogP) is -1.65. The smallest absolute Gasteiger partial charge is 0.0930 e. The first kappa shape index (κ1) is 10.2. The zero-order valence-corrected chi connectivity index (χ0v) is 6.91. The Kier molecular flexibility index (Phi) is 3.47. The summed E-state index contributed by atoms with van der Waals surface area (Å²) in [5, 5.41) is 34.0. The van der Waals surface area contributed by atoms with E-state index in [0.29, 0.717) is 0 Å². The van der Waals surface area contributed by atoms with Gasteiger partial charge >= 0.3 is 0 Å². The van der Waals surface area contributed by atoms with Crippen LogP contribution in [0.1, 0.15) is 0 Å². The maximum Gasteiger partial charge on any atom is 0.0930 e. The summed E-state index contributed by atoms with van der Waals surface area (Å²) in [5.74, 6) is 0. The molecule has 0 aromatic rings. The largest absolute Gasteiger partial charge is 0.391 e. The highest BCUT2D eigenvalue weighted by atomic mass is 16.3. The van der Waals surface area contributed by atoms with Gasteiger partial charge in [0, 0.05) is 18.0 Å². The summed E-state index contributed by atoms with van der Waals surface area (Å²) < 4.78 is 0. The van der Waals surface area contributed by atoms with Crippen molar-refractivity contribution < 1.29 is 15.3 Å². The molecule has 0 aliphatic carbocycles. The first-order valence-corrected chi connectivity index (χ1v) is 3.96. The first-order valence-electron chi connectivity index (χ1n) is 3.96. The molecule has 13 heavy (non-hydrogen) atoms. The summed E-state index contributed by atoms with van der Waals surface area (Å²) in [4.78, 5) is 2.50. The van der Waals surface area contributed by atoms with Gasteiger partial charge in [-0.05, 0) is 5.53 Å². The van der Waals surface area contributed by atoms with Gasteiger partial charge in [-0.25, -0.2) is 0 Å². The Balaban J connectivity index is 2.77. The van der Waals surface area contributed by atoms with Gasteiger partial charge in [-0.15, -0.1) is 0 Å². The number of nitrogens with one attached hydrogen (secondary N) is 1. The van der Waals surface area contributed by atoms with Crippen LogP contribution in [0, 0.1) is 0 Å². The van der Waals surface area contributed by atoms with Gasteiger partial charge in [-0.2, -0.15) is 0 Å². The molecule has 0 saturated carbocycles. The van der Waals surface area contributed by atoms with Crippen LogP contribution >= 0.6 is 0 Å². The monoisotopic (exact) mass is 188 g/mol. The number of azide groups is 1. The molecule has 1 aliphatic heterocycles. The maximum atomic E-state index is 9.40. The van der Waals surface area contributed by atoms with E-state index in [1.807, 2.05) is 0 Å². The van der Waals surface area contributed by atoms with E-state index in [0.717, 1.165) is 0 Å². The Labute approximate surface area is 74.6 Å². The van der Waals surface area contributed by atoms with Crippen LogP contribution in [0.3, 0.4) is 0 Å². The van der Waals surface area contributed by atoms with E-state index in [1.54, 1.807) is 0 Å². The summed E-state index contributed by atoms with van der Waals surface area (Å²) in [6.45, 7) is 0.369. The molecule has 4 N–H and O–H groups in total. The minimum Gasteiger partial charge on any atom is -0.391 e. The average molecular weight is 188 g/mol. The zero-order valence-electron chi connectivity index (χ0n) is 6.91. The SMILES string of the molecule is [N-]=[N+]=N[C@@H]1[C@@H](O)[C@H](O)CNC[C@@H]1O. The van der Waals surface area contributed by atoms with E-state index < -0.39 is 24.4 Å². The summed E-state index contributed by atoms with van der Waals surface area (Å²) in [5.41, 5.74) is 8.17. The molecule has 0 aromatic heterocycles. The highest BCUT2D eigenvalue weighted by molar-refractivity contribution is 4.92. The number of β-amino-alcohol motifs (C(OH)–C–C–N with tert-alkyl or cyclic N) is 2. The first-order chi connectivity index (χ1) is 6.16. The molecule has 0 bridgehead atoms. The van der Waals surface area contributed by atoms with Gasteiger partial charge in [0.25, 0.3) is 0 Å². The second-order valence-electron chi connectivity index (χ2n) is 2.98. The molecule has 7 nitrogen and oxygen atoms in total. The van der Waals surface area contributed by atoms with E-state index in [2.05, 4.69) is 15.3 Å². The fourth-order valence-electron chi connectivity index (χ4n) is 1.28. The number of nitrogens with zero attached hydrogens (tertiary/aromatic N) is 3. The molecule has 0 radical (unpaired) electrons. The van der Waals surface area contributed by atoms with Gasteiger partial charge in [-0.1, -0.05) is 5.11 Å². The third-order valence-electron chi connectivity index (χ3n) is 2.03. The Morgan fingerprint density at radius 1 is 1.23 bits per heavy atom. The molecule has 1 fully saturated rings. The van der Waals surface area contributed by atoms with Crippen LogP contribution in [0.2, 0.25) is 0 Å². The van der Waals surface area contributed by atoms with Crippen LogP contribution in [0.25, 0.3) is 10.4 Å². The fraction of sp³-hybridized carbons (Fsp3) is 1.00. The fourth-order valence-corrected chi connectivity index (χ4v) is 1.28. The van der Waals surface area contributed by atoms with Crippen molar-refractivity contribution >= 4 is 0 Å². The number of aliphatic hydroxyl groups excluding tert-OH is 3. The van der Waals surface area contributed by atoms with Crippen molar-refractivity contribution in [2.75, 3.05) is 13.1 Å². The van der Waals surface area contributed by atoms with Crippen molar-refractivity contribution in [3.05, 3.63) is 10.4 Å². The summed E-state index contributed by atoms with van der Waals surface area (Å²) in [6, 6.07) is -0.991. The molecular weight excluding hydrogens is 176 g/mol. The van der Waals surface area contributed by atoms with E-state index in [1.165, 1.54) is 0 Å². The van der Waals surface area contributed by atoms with Gasteiger partial charge in [0.05, 0.1) is 24.4 Å². The molecule has 1 rings (SSSR count). The molecule has 0 amide bonds. The topological polar surface area (TPSA) is 121 Å². The minimum absolute atomic E-state index is 0.176. The third kappa shape index (κ3) is 2.30. The molecule has 0 spiro atoms.